The van der Waals surface area contributed by atoms with Gasteiger partial charge in [-0.2, -0.15) is 0 Å². The topological polar surface area (TPSA) is 24.1 Å². The smallest absolute Gasteiger partial charge is 0.112 e. The van der Waals surface area contributed by atoms with Gasteiger partial charge >= 0.3 is 0 Å². The minimum atomic E-state index is 0. The van der Waals surface area contributed by atoms with Crippen LogP contribution in [0.1, 0.15) is 84.5 Å². The Balaban J connectivity index is 0.00000208. The van der Waals surface area contributed by atoms with E-state index in [2.05, 4.69) is 30.6 Å². The Bertz CT molecular complexity index is 409. The zero-order chi connectivity index (χ0) is 16.1. The van der Waals surface area contributed by atoms with Crippen LogP contribution in [0.15, 0.2) is 11.6 Å². The molecule has 2 fully saturated rings. The predicted molar refractivity (Wildman–Crippen MR) is 99.2 cm³/mol. The standard InChI is InChI=1S/C21H37N2.HI/c1-3-4-5-6-7-8-9-10-18-11-13-21-17(2)16-23-20(21)22-14-12-19(21)15-18;/h12,17,20,22-23H,3-11,13-16H2,1-2H3;1H/q+1;/p-1/t17-,20-,21-;/m1./s1. The van der Waals surface area contributed by atoms with Gasteiger partial charge in [-0.25, -0.2) is 0 Å². The quantitative estimate of drug-likeness (QED) is 0.259. The molecule has 0 aromatic rings. The Labute approximate surface area is 167 Å². The van der Waals surface area contributed by atoms with Gasteiger partial charge in [0.25, 0.3) is 0 Å². The second-order valence-corrected chi connectivity index (χ2v) is 8.22. The van der Waals surface area contributed by atoms with Crippen LogP contribution in [-0.2, 0) is 0 Å². The molecule has 1 spiro atoms. The molecule has 2 aliphatic heterocycles. The van der Waals surface area contributed by atoms with E-state index in [1.54, 1.807) is 5.57 Å². The van der Waals surface area contributed by atoms with Gasteiger partial charge in [0, 0.05) is 24.9 Å². The summed E-state index contributed by atoms with van der Waals surface area (Å²) < 4.78 is 0. The van der Waals surface area contributed by atoms with E-state index in [1.165, 1.54) is 77.2 Å². The van der Waals surface area contributed by atoms with Gasteiger partial charge in [0.15, 0.2) is 0 Å². The van der Waals surface area contributed by atoms with Crippen molar-refractivity contribution in [2.45, 2.75) is 90.6 Å². The SMILES string of the molecule is CCCCCCCCC[C+]1CC[C@@]23C(=CCN[C@@H]2NC[C@H]3C)C1.[I-]. The molecule has 0 aromatic heterocycles. The van der Waals surface area contributed by atoms with Crippen molar-refractivity contribution in [2.75, 3.05) is 13.1 Å². The van der Waals surface area contributed by atoms with Gasteiger partial charge < -0.3 is 29.3 Å². The van der Waals surface area contributed by atoms with Gasteiger partial charge in [0.2, 0.25) is 0 Å². The van der Waals surface area contributed by atoms with E-state index >= 15 is 0 Å². The summed E-state index contributed by atoms with van der Waals surface area (Å²) in [4.78, 5) is 0. The molecular weight excluding hydrogens is 407 g/mol. The van der Waals surface area contributed by atoms with Crippen LogP contribution in [0.2, 0.25) is 0 Å². The molecule has 138 valence electrons. The maximum Gasteiger partial charge on any atom is 0.112 e. The lowest BCUT2D eigenvalue weighted by Gasteiger charge is -2.45. The molecule has 1 saturated carbocycles. The van der Waals surface area contributed by atoms with Crippen molar-refractivity contribution in [2.24, 2.45) is 11.3 Å². The highest BCUT2D eigenvalue weighted by atomic mass is 127. The van der Waals surface area contributed by atoms with E-state index in [-0.39, 0.29) is 24.0 Å². The van der Waals surface area contributed by atoms with E-state index in [4.69, 9.17) is 0 Å². The monoisotopic (exact) mass is 444 g/mol. The van der Waals surface area contributed by atoms with Gasteiger partial charge in [0.05, 0.1) is 24.9 Å². The van der Waals surface area contributed by atoms with Crippen LogP contribution >= 0.6 is 0 Å². The molecule has 2 N–H and O–H groups in total. The Morgan fingerprint density at radius 1 is 1.12 bits per heavy atom. The number of halogens is 1. The summed E-state index contributed by atoms with van der Waals surface area (Å²) in [6, 6.07) is 0. The van der Waals surface area contributed by atoms with Gasteiger partial charge in [-0.15, -0.1) is 0 Å². The van der Waals surface area contributed by atoms with Crippen molar-refractivity contribution in [1.29, 1.82) is 0 Å². The number of nitrogens with one attached hydrogen (secondary N) is 2. The molecule has 3 rings (SSSR count). The molecule has 24 heavy (non-hydrogen) atoms. The molecule has 0 bridgehead atoms. The lowest BCUT2D eigenvalue weighted by Crippen LogP contribution is -3.00. The third kappa shape index (κ3) is 4.32. The maximum atomic E-state index is 3.73. The first-order valence-electron chi connectivity index (χ1n) is 10.3. The lowest BCUT2D eigenvalue weighted by molar-refractivity contribution is -0.00000514. The van der Waals surface area contributed by atoms with Crippen LogP contribution in [0.25, 0.3) is 0 Å². The summed E-state index contributed by atoms with van der Waals surface area (Å²) in [7, 11) is 0. The van der Waals surface area contributed by atoms with Crippen LogP contribution in [-0.4, -0.2) is 19.3 Å². The molecule has 1 aliphatic carbocycles. The largest absolute Gasteiger partial charge is 1.00 e. The highest BCUT2D eigenvalue weighted by molar-refractivity contribution is 5.32. The van der Waals surface area contributed by atoms with Crippen molar-refractivity contribution < 1.29 is 24.0 Å². The molecular formula is C21H37IN2. The summed E-state index contributed by atoms with van der Waals surface area (Å²) in [5.74, 6) is 2.63. The highest BCUT2D eigenvalue weighted by Gasteiger charge is 2.56. The second kappa shape index (κ2) is 9.82. The van der Waals surface area contributed by atoms with Gasteiger partial charge in [-0.05, 0) is 24.3 Å². The van der Waals surface area contributed by atoms with E-state index in [1.807, 2.05) is 5.92 Å². The fourth-order valence-corrected chi connectivity index (χ4v) is 5.26. The summed E-state index contributed by atoms with van der Waals surface area (Å²) in [5.41, 5.74) is 2.20. The molecule has 0 unspecified atom stereocenters. The van der Waals surface area contributed by atoms with Crippen molar-refractivity contribution in [3.8, 4) is 0 Å². The van der Waals surface area contributed by atoms with Gasteiger partial charge in [-0.3, -0.25) is 5.32 Å². The second-order valence-electron chi connectivity index (χ2n) is 8.22. The van der Waals surface area contributed by atoms with Crippen molar-refractivity contribution in [1.82, 2.24) is 10.6 Å². The first-order chi connectivity index (χ1) is 11.3. The molecule has 2 nitrogen and oxygen atoms in total. The molecule has 0 radical (unpaired) electrons. The van der Waals surface area contributed by atoms with Crippen LogP contribution in [0.4, 0.5) is 0 Å². The Kier molecular flexibility index (Phi) is 8.42. The van der Waals surface area contributed by atoms with E-state index in [0.717, 1.165) is 12.5 Å². The Hall–Kier alpha value is 0.260. The fourth-order valence-electron chi connectivity index (χ4n) is 5.26. The van der Waals surface area contributed by atoms with Crippen molar-refractivity contribution >= 4 is 0 Å². The molecule has 0 amide bonds. The average Bonchev–Trinajstić information content (AvgIpc) is 2.90. The number of unbranched alkanes of at least 4 members (excludes halogenated alkanes) is 6. The normalized spacial score (nSPS) is 31.9. The fraction of sp³-hybridized carbons (Fsp3) is 0.857. The summed E-state index contributed by atoms with van der Waals surface area (Å²) >= 11 is 0. The molecule has 2 heterocycles. The maximum absolute atomic E-state index is 3.73. The van der Waals surface area contributed by atoms with Crippen LogP contribution < -0.4 is 34.6 Å². The summed E-state index contributed by atoms with van der Waals surface area (Å²) in [6.45, 7) is 7.00. The third-order valence-electron chi connectivity index (χ3n) is 6.76. The Morgan fingerprint density at radius 2 is 1.88 bits per heavy atom. The lowest BCUT2D eigenvalue weighted by atomic mass is 9.59. The first kappa shape index (κ1) is 20.6. The average molecular weight is 444 g/mol. The third-order valence-corrected chi connectivity index (χ3v) is 6.76. The van der Waals surface area contributed by atoms with Crippen LogP contribution in [0.5, 0.6) is 0 Å². The van der Waals surface area contributed by atoms with E-state index in [9.17, 15) is 0 Å². The number of hydrogen-bond donors (Lipinski definition) is 2. The van der Waals surface area contributed by atoms with Crippen LogP contribution in [0.3, 0.4) is 0 Å². The predicted octanol–water partition coefficient (Wildman–Crippen LogP) is 1.97. The number of hydrogen-bond acceptors (Lipinski definition) is 2. The molecule has 3 atom stereocenters. The molecule has 3 aliphatic rings. The first-order valence-corrected chi connectivity index (χ1v) is 10.3. The summed E-state index contributed by atoms with van der Waals surface area (Å²) in [5, 5.41) is 7.42. The van der Waals surface area contributed by atoms with Crippen LogP contribution in [0, 0.1) is 17.3 Å². The van der Waals surface area contributed by atoms with Gasteiger partial charge in [0.1, 0.15) is 6.42 Å². The van der Waals surface area contributed by atoms with Gasteiger partial charge in [-0.1, -0.05) is 52.0 Å². The molecule has 3 heteroatoms. The van der Waals surface area contributed by atoms with Crippen molar-refractivity contribution in [3.05, 3.63) is 17.6 Å². The zero-order valence-electron chi connectivity index (χ0n) is 15.8. The molecule has 0 aromatic carbocycles. The number of rotatable bonds is 8. The minimum Gasteiger partial charge on any atom is -1.00 e. The Morgan fingerprint density at radius 3 is 2.67 bits per heavy atom. The zero-order valence-corrected chi connectivity index (χ0v) is 18.0. The summed E-state index contributed by atoms with van der Waals surface area (Å²) in [6.07, 6.45) is 18.5. The highest BCUT2D eigenvalue weighted by Crippen LogP contribution is 2.54. The van der Waals surface area contributed by atoms with Crippen molar-refractivity contribution in [3.63, 3.8) is 0 Å². The minimum absolute atomic E-state index is 0. The van der Waals surface area contributed by atoms with E-state index in [0.29, 0.717) is 11.6 Å². The molecule has 1 saturated heterocycles. The van der Waals surface area contributed by atoms with E-state index < -0.39 is 0 Å².